The largest absolute Gasteiger partial charge is 0.289 e. The molecule has 0 radical (unpaired) electrons. The van der Waals surface area contributed by atoms with Gasteiger partial charge in [0.2, 0.25) is 5.13 Å². The van der Waals surface area contributed by atoms with Gasteiger partial charge in [0.25, 0.3) is 11.3 Å². The van der Waals surface area contributed by atoms with Gasteiger partial charge in [0.05, 0.1) is 0 Å². The average Bonchev–Trinajstić information content (AvgIpc) is 2.32. The van der Waals surface area contributed by atoms with Gasteiger partial charge < -0.3 is 0 Å². The first-order valence-electron chi connectivity index (χ1n) is 3.61. The second-order valence-corrected chi connectivity index (χ2v) is 5.19. The standard InChI is InChI=1S/C6H11N3O2S2/c1-6(2,3)4-7-8-5(12-4)9-13(10)11/h1-3H3,(H,8,9)(H,10,11). The van der Waals surface area contributed by atoms with Crippen LogP contribution in [-0.2, 0) is 16.7 Å². The monoisotopic (exact) mass is 221 g/mol. The van der Waals surface area contributed by atoms with E-state index in [0.29, 0.717) is 5.13 Å². The van der Waals surface area contributed by atoms with E-state index < -0.39 is 11.3 Å². The van der Waals surface area contributed by atoms with Crippen molar-refractivity contribution in [2.45, 2.75) is 26.2 Å². The van der Waals surface area contributed by atoms with Crippen LogP contribution in [-0.4, -0.2) is 19.0 Å². The van der Waals surface area contributed by atoms with Crippen LogP contribution in [0.15, 0.2) is 0 Å². The molecule has 0 amide bonds. The van der Waals surface area contributed by atoms with Crippen molar-refractivity contribution >= 4 is 27.7 Å². The van der Waals surface area contributed by atoms with Crippen LogP contribution in [0.4, 0.5) is 5.13 Å². The molecule has 1 aromatic rings. The number of rotatable bonds is 2. The van der Waals surface area contributed by atoms with Gasteiger partial charge in [0.15, 0.2) is 0 Å². The Morgan fingerprint density at radius 3 is 2.46 bits per heavy atom. The van der Waals surface area contributed by atoms with Crippen LogP contribution >= 0.6 is 11.3 Å². The van der Waals surface area contributed by atoms with Crippen LogP contribution < -0.4 is 4.72 Å². The Kier molecular flexibility index (Phi) is 2.99. The molecule has 1 aromatic heterocycles. The molecule has 7 heteroatoms. The van der Waals surface area contributed by atoms with E-state index in [0.717, 1.165) is 5.01 Å². The molecule has 1 atom stereocenters. The molecule has 0 spiro atoms. The molecule has 0 aliphatic carbocycles. The molecule has 0 bridgehead atoms. The van der Waals surface area contributed by atoms with E-state index in [4.69, 9.17) is 4.55 Å². The van der Waals surface area contributed by atoms with Crippen molar-refractivity contribution < 1.29 is 8.76 Å². The average molecular weight is 221 g/mol. The van der Waals surface area contributed by atoms with Gasteiger partial charge in [-0.25, -0.2) is 4.21 Å². The minimum absolute atomic E-state index is 0.0749. The maximum atomic E-state index is 10.4. The highest BCUT2D eigenvalue weighted by Crippen LogP contribution is 2.27. The van der Waals surface area contributed by atoms with E-state index in [-0.39, 0.29) is 5.41 Å². The summed E-state index contributed by atoms with van der Waals surface area (Å²) < 4.78 is 21.2. The lowest BCUT2D eigenvalue weighted by Crippen LogP contribution is -2.10. The molecule has 0 saturated heterocycles. The van der Waals surface area contributed by atoms with E-state index in [1.165, 1.54) is 11.3 Å². The second-order valence-electron chi connectivity index (χ2n) is 3.51. The summed E-state index contributed by atoms with van der Waals surface area (Å²) in [4.78, 5) is 0. The Morgan fingerprint density at radius 1 is 1.46 bits per heavy atom. The minimum atomic E-state index is -2.07. The third kappa shape index (κ3) is 3.02. The summed E-state index contributed by atoms with van der Waals surface area (Å²) in [7, 11) is 0. The number of nitrogens with one attached hydrogen (secondary N) is 1. The predicted molar refractivity (Wildman–Crippen MR) is 53.0 cm³/mol. The van der Waals surface area contributed by atoms with E-state index in [9.17, 15) is 4.21 Å². The zero-order valence-electron chi connectivity index (χ0n) is 7.57. The Labute approximate surface area is 83.0 Å². The molecule has 74 valence electrons. The zero-order chi connectivity index (χ0) is 10.1. The number of aromatic nitrogens is 2. The fraction of sp³-hybridized carbons (Fsp3) is 0.667. The Hall–Kier alpha value is -0.530. The normalized spacial score (nSPS) is 14.2. The Morgan fingerprint density at radius 2 is 2.08 bits per heavy atom. The fourth-order valence-corrected chi connectivity index (χ4v) is 1.87. The molecule has 0 aliphatic heterocycles. The molecular weight excluding hydrogens is 210 g/mol. The molecule has 2 N–H and O–H groups in total. The van der Waals surface area contributed by atoms with Crippen LogP contribution in [0.25, 0.3) is 0 Å². The first kappa shape index (κ1) is 10.6. The van der Waals surface area contributed by atoms with Gasteiger partial charge in [-0.15, -0.1) is 10.2 Å². The lowest BCUT2D eigenvalue weighted by Gasteiger charge is -2.12. The fourth-order valence-electron chi connectivity index (χ4n) is 0.642. The lowest BCUT2D eigenvalue weighted by molar-refractivity contribution is 0.570. The third-order valence-corrected chi connectivity index (χ3v) is 3.00. The van der Waals surface area contributed by atoms with E-state index in [2.05, 4.69) is 14.9 Å². The minimum Gasteiger partial charge on any atom is -0.289 e. The zero-order valence-corrected chi connectivity index (χ0v) is 9.20. The van der Waals surface area contributed by atoms with Crippen LogP contribution in [0.2, 0.25) is 0 Å². The molecule has 13 heavy (non-hydrogen) atoms. The van der Waals surface area contributed by atoms with E-state index >= 15 is 0 Å². The van der Waals surface area contributed by atoms with Crippen LogP contribution in [0.3, 0.4) is 0 Å². The first-order valence-corrected chi connectivity index (χ1v) is 5.53. The molecule has 1 rings (SSSR count). The van der Waals surface area contributed by atoms with E-state index in [1.54, 1.807) is 0 Å². The predicted octanol–water partition coefficient (Wildman–Crippen LogP) is 1.38. The summed E-state index contributed by atoms with van der Waals surface area (Å²) in [5.41, 5.74) is -0.0749. The van der Waals surface area contributed by atoms with Crippen molar-refractivity contribution in [2.24, 2.45) is 0 Å². The molecular formula is C6H11N3O2S2. The van der Waals surface area contributed by atoms with Crippen LogP contribution in [0, 0.1) is 0 Å². The smallest absolute Gasteiger partial charge is 0.261 e. The Balaban J connectivity index is 2.81. The van der Waals surface area contributed by atoms with Gasteiger partial charge in [0, 0.05) is 5.41 Å². The summed E-state index contributed by atoms with van der Waals surface area (Å²) in [6.07, 6.45) is 0. The van der Waals surface area contributed by atoms with Crippen molar-refractivity contribution in [2.75, 3.05) is 4.72 Å². The maximum Gasteiger partial charge on any atom is 0.261 e. The highest BCUT2D eigenvalue weighted by atomic mass is 32.2. The summed E-state index contributed by atoms with van der Waals surface area (Å²) in [6, 6.07) is 0. The van der Waals surface area contributed by atoms with Gasteiger partial charge in [-0.1, -0.05) is 32.1 Å². The van der Waals surface area contributed by atoms with Crippen molar-refractivity contribution in [1.29, 1.82) is 0 Å². The summed E-state index contributed by atoms with van der Waals surface area (Å²) in [5, 5.41) is 8.83. The molecule has 5 nitrogen and oxygen atoms in total. The maximum absolute atomic E-state index is 10.4. The highest BCUT2D eigenvalue weighted by molar-refractivity contribution is 7.80. The number of hydrogen-bond acceptors (Lipinski definition) is 4. The topological polar surface area (TPSA) is 75.1 Å². The van der Waals surface area contributed by atoms with E-state index in [1.807, 2.05) is 20.8 Å². The highest BCUT2D eigenvalue weighted by Gasteiger charge is 2.19. The SMILES string of the molecule is CC(C)(C)c1nnc(NS(=O)O)s1. The van der Waals surface area contributed by atoms with Gasteiger partial charge in [-0.2, -0.15) is 0 Å². The number of nitrogens with zero attached hydrogens (tertiary/aromatic N) is 2. The number of hydrogen-bond donors (Lipinski definition) is 2. The van der Waals surface area contributed by atoms with Crippen LogP contribution in [0.1, 0.15) is 25.8 Å². The van der Waals surface area contributed by atoms with Crippen molar-refractivity contribution in [1.82, 2.24) is 10.2 Å². The quantitative estimate of drug-likeness (QED) is 0.740. The third-order valence-electron chi connectivity index (χ3n) is 1.24. The number of anilines is 1. The molecule has 1 unspecified atom stereocenters. The molecule has 0 saturated carbocycles. The first-order chi connectivity index (χ1) is 5.89. The van der Waals surface area contributed by atoms with Crippen molar-refractivity contribution in [3.8, 4) is 0 Å². The molecule has 0 aromatic carbocycles. The summed E-state index contributed by atoms with van der Waals surface area (Å²) >= 11 is -0.790. The van der Waals surface area contributed by atoms with Crippen molar-refractivity contribution in [3.63, 3.8) is 0 Å². The Bertz CT molecular complexity index is 318. The van der Waals surface area contributed by atoms with Gasteiger partial charge >= 0.3 is 0 Å². The van der Waals surface area contributed by atoms with Crippen molar-refractivity contribution in [3.05, 3.63) is 5.01 Å². The summed E-state index contributed by atoms with van der Waals surface area (Å²) in [5.74, 6) is 0. The van der Waals surface area contributed by atoms with Gasteiger partial charge in [0.1, 0.15) is 5.01 Å². The lowest BCUT2D eigenvalue weighted by atomic mass is 9.98. The molecule has 0 aliphatic rings. The summed E-state index contributed by atoms with van der Waals surface area (Å²) in [6.45, 7) is 6.02. The van der Waals surface area contributed by atoms with Gasteiger partial charge in [-0.05, 0) is 0 Å². The second kappa shape index (κ2) is 3.69. The molecule has 0 fully saturated rings. The molecule has 1 heterocycles. The van der Waals surface area contributed by atoms with Crippen LogP contribution in [0.5, 0.6) is 0 Å². The van der Waals surface area contributed by atoms with Gasteiger partial charge in [-0.3, -0.25) is 9.27 Å².